The summed E-state index contributed by atoms with van der Waals surface area (Å²) in [4.78, 5) is 29.0. The zero-order chi connectivity index (χ0) is 20.1. The minimum Gasteiger partial charge on any atom is -0.495 e. The maximum Gasteiger partial charge on any atom is 0.274 e. The van der Waals surface area contributed by atoms with Gasteiger partial charge in [-0.05, 0) is 61.0 Å². The predicted octanol–water partition coefficient (Wildman–Crippen LogP) is 4.04. The number of nitrogens with zero attached hydrogens (tertiary/aromatic N) is 1. The molecule has 0 saturated heterocycles. The van der Waals surface area contributed by atoms with Gasteiger partial charge in [-0.2, -0.15) is 0 Å². The van der Waals surface area contributed by atoms with Gasteiger partial charge in [-0.1, -0.05) is 6.07 Å². The van der Waals surface area contributed by atoms with Crippen LogP contribution in [0.4, 0.5) is 15.8 Å². The minimum atomic E-state index is -0.505. The molecular weight excluding hydrogens is 361 g/mol. The molecule has 3 aromatic rings. The number of anilines is 2. The zero-order valence-electron chi connectivity index (χ0n) is 15.3. The summed E-state index contributed by atoms with van der Waals surface area (Å²) in [6, 6.07) is 13.7. The summed E-state index contributed by atoms with van der Waals surface area (Å²) in [7, 11) is 1.52. The summed E-state index contributed by atoms with van der Waals surface area (Å²) in [6.45, 7) is 1.90. The van der Waals surface area contributed by atoms with Crippen molar-refractivity contribution < 1.29 is 18.7 Å². The van der Waals surface area contributed by atoms with Crippen molar-refractivity contribution >= 4 is 23.2 Å². The highest BCUT2D eigenvalue weighted by Crippen LogP contribution is 2.25. The number of nitrogens with one attached hydrogen (secondary N) is 2. The Morgan fingerprint density at radius 2 is 1.71 bits per heavy atom. The molecule has 0 fully saturated rings. The van der Waals surface area contributed by atoms with Crippen LogP contribution < -0.4 is 15.4 Å². The molecule has 0 atom stereocenters. The number of hydrogen-bond acceptors (Lipinski definition) is 4. The first kappa shape index (κ1) is 19.0. The second-order valence-corrected chi connectivity index (χ2v) is 6.05. The van der Waals surface area contributed by atoms with E-state index < -0.39 is 17.6 Å². The standard InChI is InChI=1S/C21H18FN3O3/c1-13-3-8-19(28-2)17(11-13)25-20(26)14-9-10-23-18(12-14)21(27)24-16-6-4-15(22)5-7-16/h3-12H,1-2H3,(H,24,27)(H,25,26). The van der Waals surface area contributed by atoms with Gasteiger partial charge in [0.2, 0.25) is 0 Å². The molecule has 7 heteroatoms. The van der Waals surface area contributed by atoms with Gasteiger partial charge in [0.15, 0.2) is 0 Å². The molecule has 0 radical (unpaired) electrons. The average molecular weight is 379 g/mol. The third-order valence-corrected chi connectivity index (χ3v) is 3.96. The highest BCUT2D eigenvalue weighted by atomic mass is 19.1. The fourth-order valence-corrected chi connectivity index (χ4v) is 2.54. The molecule has 1 heterocycles. The Bertz CT molecular complexity index is 1020. The van der Waals surface area contributed by atoms with Crippen LogP contribution in [0.5, 0.6) is 5.75 Å². The zero-order valence-corrected chi connectivity index (χ0v) is 15.3. The SMILES string of the molecule is COc1ccc(C)cc1NC(=O)c1ccnc(C(=O)Nc2ccc(F)cc2)c1. The first-order chi connectivity index (χ1) is 13.5. The van der Waals surface area contributed by atoms with Gasteiger partial charge in [-0.3, -0.25) is 14.6 Å². The molecule has 0 saturated carbocycles. The van der Waals surface area contributed by atoms with Crippen molar-refractivity contribution in [3.8, 4) is 5.75 Å². The number of ether oxygens (including phenoxy) is 1. The summed E-state index contributed by atoms with van der Waals surface area (Å²) >= 11 is 0. The Morgan fingerprint density at radius 1 is 0.964 bits per heavy atom. The third-order valence-electron chi connectivity index (χ3n) is 3.96. The van der Waals surface area contributed by atoms with Crippen LogP contribution in [-0.4, -0.2) is 23.9 Å². The molecule has 1 aromatic heterocycles. The lowest BCUT2D eigenvalue weighted by molar-refractivity contribution is 0.102. The minimum absolute atomic E-state index is 0.0631. The lowest BCUT2D eigenvalue weighted by Crippen LogP contribution is -2.17. The first-order valence-corrected chi connectivity index (χ1v) is 8.45. The van der Waals surface area contributed by atoms with Gasteiger partial charge < -0.3 is 15.4 Å². The fourth-order valence-electron chi connectivity index (χ4n) is 2.54. The Morgan fingerprint density at radius 3 is 2.43 bits per heavy atom. The van der Waals surface area contributed by atoms with Crippen molar-refractivity contribution in [2.45, 2.75) is 6.92 Å². The number of rotatable bonds is 5. The number of aromatic nitrogens is 1. The monoisotopic (exact) mass is 379 g/mol. The Labute approximate surface area is 161 Å². The van der Waals surface area contributed by atoms with Crippen LogP contribution in [0.1, 0.15) is 26.4 Å². The van der Waals surface area contributed by atoms with Gasteiger partial charge in [0.05, 0.1) is 12.8 Å². The number of carbonyl (C=O) groups excluding carboxylic acids is 2. The molecular formula is C21H18FN3O3. The number of carbonyl (C=O) groups is 2. The van der Waals surface area contributed by atoms with Crippen molar-refractivity contribution in [3.05, 3.63) is 83.4 Å². The highest BCUT2D eigenvalue weighted by molar-refractivity contribution is 6.08. The van der Waals surface area contributed by atoms with Crippen molar-refractivity contribution in [1.82, 2.24) is 4.98 Å². The maximum atomic E-state index is 13.0. The summed E-state index contributed by atoms with van der Waals surface area (Å²) in [5.41, 5.74) is 2.25. The maximum absolute atomic E-state index is 13.0. The van der Waals surface area contributed by atoms with Gasteiger partial charge in [-0.15, -0.1) is 0 Å². The van der Waals surface area contributed by atoms with Crippen LogP contribution in [0, 0.1) is 12.7 Å². The van der Waals surface area contributed by atoms with E-state index in [9.17, 15) is 14.0 Å². The normalized spacial score (nSPS) is 10.2. The quantitative estimate of drug-likeness (QED) is 0.701. The van der Waals surface area contributed by atoms with E-state index in [0.29, 0.717) is 17.1 Å². The van der Waals surface area contributed by atoms with Crippen molar-refractivity contribution in [2.24, 2.45) is 0 Å². The van der Waals surface area contributed by atoms with Crippen molar-refractivity contribution in [1.29, 1.82) is 0 Å². The summed E-state index contributed by atoms with van der Waals surface area (Å²) < 4.78 is 18.2. The lowest BCUT2D eigenvalue weighted by atomic mass is 10.1. The van der Waals surface area contributed by atoms with Crippen LogP contribution >= 0.6 is 0 Å². The molecule has 2 amide bonds. The summed E-state index contributed by atoms with van der Waals surface area (Å²) in [6.07, 6.45) is 1.38. The molecule has 0 unspecified atom stereocenters. The van der Waals surface area contributed by atoms with Crippen LogP contribution in [0.2, 0.25) is 0 Å². The van der Waals surface area contributed by atoms with E-state index in [4.69, 9.17) is 4.74 Å². The van der Waals surface area contributed by atoms with Gasteiger partial charge >= 0.3 is 0 Å². The molecule has 0 bridgehead atoms. The van der Waals surface area contributed by atoms with E-state index >= 15 is 0 Å². The van der Waals surface area contributed by atoms with Crippen LogP contribution in [0.25, 0.3) is 0 Å². The first-order valence-electron chi connectivity index (χ1n) is 8.45. The lowest BCUT2D eigenvalue weighted by Gasteiger charge is -2.11. The number of benzene rings is 2. The van der Waals surface area contributed by atoms with Crippen LogP contribution in [0.15, 0.2) is 60.8 Å². The van der Waals surface area contributed by atoms with Crippen molar-refractivity contribution in [2.75, 3.05) is 17.7 Å². The number of methoxy groups -OCH3 is 1. The second-order valence-electron chi connectivity index (χ2n) is 6.05. The van der Waals surface area contributed by atoms with E-state index in [2.05, 4.69) is 15.6 Å². The largest absolute Gasteiger partial charge is 0.495 e. The third kappa shape index (κ3) is 4.50. The Kier molecular flexibility index (Phi) is 5.64. The number of pyridine rings is 1. The molecule has 28 heavy (non-hydrogen) atoms. The number of halogens is 1. The molecule has 0 aliphatic heterocycles. The van der Waals surface area contributed by atoms with Crippen LogP contribution in [-0.2, 0) is 0 Å². The summed E-state index contributed by atoms with van der Waals surface area (Å²) in [5, 5.41) is 5.38. The highest BCUT2D eigenvalue weighted by Gasteiger charge is 2.14. The van der Waals surface area contributed by atoms with E-state index in [1.165, 1.54) is 49.7 Å². The molecule has 142 valence electrons. The fraction of sp³-hybridized carbons (Fsp3) is 0.0952. The average Bonchev–Trinajstić information content (AvgIpc) is 2.70. The van der Waals surface area contributed by atoms with Crippen LogP contribution in [0.3, 0.4) is 0 Å². The van der Waals surface area contributed by atoms with E-state index in [1.807, 2.05) is 13.0 Å². The molecule has 2 aromatic carbocycles. The van der Waals surface area contributed by atoms with Gasteiger partial charge in [0.25, 0.3) is 11.8 Å². The van der Waals surface area contributed by atoms with E-state index in [0.717, 1.165) is 5.56 Å². The summed E-state index contributed by atoms with van der Waals surface area (Å²) in [5.74, 6) is -0.778. The molecule has 6 nitrogen and oxygen atoms in total. The van der Waals surface area contributed by atoms with E-state index in [1.54, 1.807) is 12.1 Å². The van der Waals surface area contributed by atoms with Crippen molar-refractivity contribution in [3.63, 3.8) is 0 Å². The smallest absolute Gasteiger partial charge is 0.274 e. The molecule has 0 aliphatic rings. The predicted molar refractivity (Wildman–Crippen MR) is 104 cm³/mol. The molecule has 2 N–H and O–H groups in total. The number of amides is 2. The van der Waals surface area contributed by atoms with Gasteiger partial charge in [0, 0.05) is 17.4 Å². The van der Waals surface area contributed by atoms with Gasteiger partial charge in [0.1, 0.15) is 17.3 Å². The second kappa shape index (κ2) is 8.30. The van der Waals surface area contributed by atoms with E-state index in [-0.39, 0.29) is 11.3 Å². The Hall–Kier alpha value is -3.74. The molecule has 0 spiro atoms. The molecule has 3 rings (SSSR count). The number of hydrogen-bond donors (Lipinski definition) is 2. The number of aryl methyl sites for hydroxylation is 1. The molecule has 0 aliphatic carbocycles. The Balaban J connectivity index is 1.77. The van der Waals surface area contributed by atoms with Gasteiger partial charge in [-0.25, -0.2) is 4.39 Å². The topological polar surface area (TPSA) is 80.3 Å².